The molecule has 0 radical (unpaired) electrons. The quantitative estimate of drug-likeness (QED) is 0.723. The molecule has 0 spiro atoms. The van der Waals surface area contributed by atoms with Gasteiger partial charge >= 0.3 is 6.09 Å². The van der Waals surface area contributed by atoms with Gasteiger partial charge in [-0.3, -0.25) is 4.79 Å². The van der Waals surface area contributed by atoms with Gasteiger partial charge in [0.1, 0.15) is 6.61 Å². The molecule has 1 heterocycles. The van der Waals surface area contributed by atoms with Gasteiger partial charge in [0.15, 0.2) is 0 Å². The van der Waals surface area contributed by atoms with E-state index in [1.807, 2.05) is 30.3 Å². The van der Waals surface area contributed by atoms with Crippen LogP contribution in [0.2, 0.25) is 0 Å². The Bertz CT molecular complexity index is 580. The Hall–Kier alpha value is -2.10. The lowest BCUT2D eigenvalue weighted by Gasteiger charge is -2.24. The fraction of sp³-hybridized carbons (Fsp3) is 0.474. The van der Waals surface area contributed by atoms with Gasteiger partial charge in [0.2, 0.25) is 5.91 Å². The van der Waals surface area contributed by atoms with Gasteiger partial charge in [-0.1, -0.05) is 49.2 Å². The van der Waals surface area contributed by atoms with Crippen LogP contribution in [0.1, 0.15) is 31.2 Å². The fourth-order valence-electron chi connectivity index (χ4n) is 3.22. The summed E-state index contributed by atoms with van der Waals surface area (Å²) in [5.41, 5.74) is 1.11. The van der Waals surface area contributed by atoms with E-state index in [1.165, 1.54) is 17.7 Å². The van der Waals surface area contributed by atoms with Crippen LogP contribution in [-0.2, 0) is 16.0 Å². The molecule has 2 amide bonds. The third-order valence-corrected chi connectivity index (χ3v) is 4.63. The molecule has 1 aromatic carbocycles. The molecule has 1 aliphatic heterocycles. The molecule has 0 N–H and O–H groups in total. The Kier molecular flexibility index (Phi) is 4.79. The van der Waals surface area contributed by atoms with Crippen LogP contribution in [0.4, 0.5) is 4.79 Å². The number of hydrogen-bond donors (Lipinski definition) is 0. The SMILES string of the molecule is C=CCC(CC1CC1)C(=O)N1C(=O)OCC1Cc1ccccc1. The number of ether oxygens (including phenoxy) is 1. The molecule has 2 unspecified atom stereocenters. The lowest BCUT2D eigenvalue weighted by Crippen LogP contribution is -2.43. The van der Waals surface area contributed by atoms with E-state index < -0.39 is 6.09 Å². The van der Waals surface area contributed by atoms with Crippen LogP contribution in [0.15, 0.2) is 43.0 Å². The summed E-state index contributed by atoms with van der Waals surface area (Å²) in [5.74, 6) is 0.388. The van der Waals surface area contributed by atoms with E-state index in [0.717, 1.165) is 12.0 Å². The Balaban J connectivity index is 1.72. The number of nitrogens with zero attached hydrogens (tertiary/aromatic N) is 1. The van der Waals surface area contributed by atoms with Crippen molar-refractivity contribution in [3.63, 3.8) is 0 Å². The maximum Gasteiger partial charge on any atom is 0.416 e. The van der Waals surface area contributed by atoms with Gasteiger partial charge in [0.05, 0.1) is 6.04 Å². The molecule has 4 nitrogen and oxygen atoms in total. The first-order chi connectivity index (χ1) is 11.2. The number of benzene rings is 1. The second kappa shape index (κ2) is 6.99. The van der Waals surface area contributed by atoms with Crippen LogP contribution in [0.3, 0.4) is 0 Å². The summed E-state index contributed by atoms with van der Waals surface area (Å²) in [6.45, 7) is 4.04. The lowest BCUT2D eigenvalue weighted by molar-refractivity contribution is -0.133. The average molecular weight is 313 g/mol. The second-order valence-corrected chi connectivity index (χ2v) is 6.53. The Morgan fingerprint density at radius 3 is 2.74 bits per heavy atom. The van der Waals surface area contributed by atoms with Gasteiger partial charge in [-0.05, 0) is 30.7 Å². The topological polar surface area (TPSA) is 46.6 Å². The highest BCUT2D eigenvalue weighted by molar-refractivity contribution is 5.95. The van der Waals surface area contributed by atoms with Gasteiger partial charge in [-0.2, -0.15) is 0 Å². The smallest absolute Gasteiger partial charge is 0.416 e. The zero-order chi connectivity index (χ0) is 16.2. The van der Waals surface area contributed by atoms with Crippen molar-refractivity contribution in [2.24, 2.45) is 11.8 Å². The van der Waals surface area contributed by atoms with Crippen molar-refractivity contribution in [3.8, 4) is 0 Å². The van der Waals surface area contributed by atoms with Gasteiger partial charge in [-0.15, -0.1) is 6.58 Å². The number of imide groups is 1. The molecule has 0 aromatic heterocycles. The molecule has 1 saturated heterocycles. The first kappa shape index (κ1) is 15.8. The number of carbonyl (C=O) groups is 2. The van der Waals surface area contributed by atoms with E-state index in [0.29, 0.717) is 18.8 Å². The number of hydrogen-bond acceptors (Lipinski definition) is 3. The van der Waals surface area contributed by atoms with Gasteiger partial charge in [0, 0.05) is 5.92 Å². The van der Waals surface area contributed by atoms with Crippen molar-refractivity contribution in [2.45, 2.75) is 38.1 Å². The molecule has 4 heteroatoms. The summed E-state index contributed by atoms with van der Waals surface area (Å²) >= 11 is 0. The number of carbonyl (C=O) groups excluding carboxylic acids is 2. The number of amides is 2. The minimum atomic E-state index is -0.499. The molecule has 1 aliphatic carbocycles. The van der Waals surface area contributed by atoms with Crippen LogP contribution in [-0.4, -0.2) is 29.5 Å². The molecule has 2 atom stereocenters. The molecule has 2 fully saturated rings. The summed E-state index contributed by atoms with van der Waals surface area (Å²) < 4.78 is 5.16. The molecular formula is C19H23NO3. The number of rotatable bonds is 7. The minimum absolute atomic E-state index is 0.0970. The van der Waals surface area contributed by atoms with Crippen LogP contribution >= 0.6 is 0 Å². The molecule has 0 bridgehead atoms. The van der Waals surface area contributed by atoms with Crippen LogP contribution in [0.5, 0.6) is 0 Å². The third-order valence-electron chi connectivity index (χ3n) is 4.63. The summed E-state index contributed by atoms with van der Waals surface area (Å²) in [7, 11) is 0. The molecular weight excluding hydrogens is 290 g/mol. The standard InChI is InChI=1S/C19H23NO3/c1-2-6-16(11-15-9-10-15)18(21)20-17(13-23-19(20)22)12-14-7-4-3-5-8-14/h2-5,7-8,15-17H,1,6,9-13H2. The Morgan fingerprint density at radius 2 is 2.09 bits per heavy atom. The zero-order valence-corrected chi connectivity index (χ0v) is 13.3. The highest BCUT2D eigenvalue weighted by Gasteiger charge is 2.41. The van der Waals surface area contributed by atoms with Crippen molar-refractivity contribution < 1.29 is 14.3 Å². The third kappa shape index (κ3) is 3.81. The zero-order valence-electron chi connectivity index (χ0n) is 13.3. The highest BCUT2D eigenvalue weighted by atomic mass is 16.6. The summed E-state index contributed by atoms with van der Waals surface area (Å²) in [6, 6.07) is 9.70. The molecule has 3 rings (SSSR count). The van der Waals surface area contributed by atoms with E-state index in [1.54, 1.807) is 6.08 Å². The van der Waals surface area contributed by atoms with E-state index in [2.05, 4.69) is 6.58 Å². The van der Waals surface area contributed by atoms with Gasteiger partial charge in [0.25, 0.3) is 0 Å². The van der Waals surface area contributed by atoms with Crippen LogP contribution < -0.4 is 0 Å². The molecule has 2 aliphatic rings. The fourth-order valence-corrected chi connectivity index (χ4v) is 3.22. The molecule has 1 aromatic rings. The summed E-state index contributed by atoms with van der Waals surface area (Å²) in [4.78, 5) is 26.3. The highest BCUT2D eigenvalue weighted by Crippen LogP contribution is 2.37. The van der Waals surface area contributed by atoms with E-state index in [4.69, 9.17) is 4.74 Å². The van der Waals surface area contributed by atoms with E-state index >= 15 is 0 Å². The van der Waals surface area contributed by atoms with E-state index in [9.17, 15) is 9.59 Å². The van der Waals surface area contributed by atoms with E-state index in [-0.39, 0.29) is 24.5 Å². The first-order valence-electron chi connectivity index (χ1n) is 8.33. The van der Waals surface area contributed by atoms with Gasteiger partial charge in [-0.25, -0.2) is 9.69 Å². The van der Waals surface area contributed by atoms with Crippen molar-refractivity contribution >= 4 is 12.0 Å². The maximum atomic E-state index is 12.9. The normalized spacial score (nSPS) is 21.8. The largest absolute Gasteiger partial charge is 0.447 e. The Labute approximate surface area is 137 Å². The number of cyclic esters (lactones) is 1. The second-order valence-electron chi connectivity index (χ2n) is 6.53. The van der Waals surface area contributed by atoms with Crippen molar-refractivity contribution in [1.82, 2.24) is 4.90 Å². The predicted molar refractivity (Wildman–Crippen MR) is 87.8 cm³/mol. The molecule has 122 valence electrons. The maximum absolute atomic E-state index is 12.9. The number of allylic oxidation sites excluding steroid dienone is 1. The van der Waals surface area contributed by atoms with Crippen LogP contribution in [0, 0.1) is 11.8 Å². The monoisotopic (exact) mass is 313 g/mol. The Morgan fingerprint density at radius 1 is 1.35 bits per heavy atom. The summed E-state index contributed by atoms with van der Waals surface area (Å²) in [6.07, 6.45) is 5.78. The van der Waals surface area contributed by atoms with Crippen molar-refractivity contribution in [2.75, 3.05) is 6.61 Å². The van der Waals surface area contributed by atoms with Crippen molar-refractivity contribution in [1.29, 1.82) is 0 Å². The lowest BCUT2D eigenvalue weighted by atomic mass is 9.95. The molecule has 1 saturated carbocycles. The average Bonchev–Trinajstić information content (AvgIpc) is 3.30. The van der Waals surface area contributed by atoms with Gasteiger partial charge < -0.3 is 4.74 Å². The molecule has 23 heavy (non-hydrogen) atoms. The summed E-state index contributed by atoms with van der Waals surface area (Å²) in [5, 5.41) is 0. The first-order valence-corrected chi connectivity index (χ1v) is 8.33. The minimum Gasteiger partial charge on any atom is -0.447 e. The van der Waals surface area contributed by atoms with Crippen molar-refractivity contribution in [3.05, 3.63) is 48.6 Å². The van der Waals surface area contributed by atoms with Crippen LogP contribution in [0.25, 0.3) is 0 Å². The predicted octanol–water partition coefficient (Wildman–Crippen LogP) is 3.57.